The summed E-state index contributed by atoms with van der Waals surface area (Å²) < 4.78 is 0. The molecule has 2 saturated carbocycles. The molecule has 2 bridgehead atoms. The SMILES string of the molecule is Cc1ccc(/C=C2/C(=N/c3nc4nc5ccccc5nc4[nH]3)C3(C)CCC2C3(C)C)cc1. The maximum Gasteiger partial charge on any atom is 0.230 e. The Balaban J connectivity index is 1.51. The van der Waals surface area contributed by atoms with Gasteiger partial charge in [0.05, 0.1) is 16.7 Å². The number of nitrogens with zero attached hydrogens (tertiary/aromatic N) is 4. The Hall–Kier alpha value is -3.34. The lowest BCUT2D eigenvalue weighted by atomic mass is 9.70. The highest BCUT2D eigenvalue weighted by molar-refractivity contribution is 6.12. The number of H-pyrrole nitrogens is 1. The van der Waals surface area contributed by atoms with Crippen molar-refractivity contribution in [1.82, 2.24) is 19.9 Å². The fourth-order valence-corrected chi connectivity index (χ4v) is 5.70. The minimum atomic E-state index is 0.0126. The largest absolute Gasteiger partial charge is 0.306 e. The Morgan fingerprint density at radius 2 is 1.69 bits per heavy atom. The van der Waals surface area contributed by atoms with Gasteiger partial charge < -0.3 is 4.98 Å². The molecule has 2 unspecified atom stereocenters. The minimum absolute atomic E-state index is 0.0126. The Labute approximate surface area is 187 Å². The minimum Gasteiger partial charge on any atom is -0.306 e. The van der Waals surface area contributed by atoms with E-state index in [1.165, 1.54) is 23.1 Å². The molecule has 2 aliphatic carbocycles. The van der Waals surface area contributed by atoms with Crippen LogP contribution in [0.5, 0.6) is 0 Å². The second-order valence-electron chi connectivity index (χ2n) is 10.1. The summed E-state index contributed by atoms with van der Waals surface area (Å²) in [7, 11) is 0. The second-order valence-corrected chi connectivity index (χ2v) is 10.1. The van der Waals surface area contributed by atoms with Gasteiger partial charge in [0.1, 0.15) is 0 Å². The molecule has 6 rings (SSSR count). The average Bonchev–Trinajstić information content (AvgIpc) is 3.31. The standard InChI is InChI=1S/C27H27N5/c1-16-9-11-17(12-10-16)15-18-19-13-14-27(4,26(19,2)3)22(18)30-25-31-23-24(32-25)29-21-8-6-5-7-20(21)28-23/h5-12,15,19H,13-14H2,1-4H3,(H,28,29,31,32)/b18-15+,30-22-. The van der Waals surface area contributed by atoms with Gasteiger partial charge >= 0.3 is 0 Å². The maximum atomic E-state index is 5.13. The third-order valence-electron chi connectivity index (χ3n) is 8.01. The third-order valence-corrected chi connectivity index (χ3v) is 8.01. The van der Waals surface area contributed by atoms with E-state index in [-0.39, 0.29) is 10.8 Å². The van der Waals surface area contributed by atoms with E-state index in [9.17, 15) is 0 Å². The Kier molecular flexibility index (Phi) is 3.98. The molecule has 1 N–H and O–H groups in total. The third kappa shape index (κ3) is 2.70. The molecule has 2 aromatic heterocycles. The summed E-state index contributed by atoms with van der Waals surface area (Å²) in [5, 5.41) is 0. The molecule has 160 valence electrons. The van der Waals surface area contributed by atoms with Crippen molar-refractivity contribution < 1.29 is 0 Å². The van der Waals surface area contributed by atoms with Crippen molar-refractivity contribution in [3.05, 3.63) is 65.2 Å². The molecule has 2 atom stereocenters. The van der Waals surface area contributed by atoms with E-state index in [1.807, 2.05) is 24.3 Å². The highest BCUT2D eigenvalue weighted by Crippen LogP contribution is 2.66. The van der Waals surface area contributed by atoms with Gasteiger partial charge in [-0.25, -0.2) is 15.0 Å². The first-order valence-corrected chi connectivity index (χ1v) is 11.4. The number of fused-ring (bicyclic) bond motifs is 4. The monoisotopic (exact) mass is 421 g/mol. The zero-order valence-electron chi connectivity index (χ0n) is 19.0. The molecule has 32 heavy (non-hydrogen) atoms. The van der Waals surface area contributed by atoms with E-state index in [1.54, 1.807) is 0 Å². The summed E-state index contributed by atoms with van der Waals surface area (Å²) in [4.78, 5) is 22.5. The van der Waals surface area contributed by atoms with Gasteiger partial charge in [-0.1, -0.05) is 62.7 Å². The van der Waals surface area contributed by atoms with Gasteiger partial charge in [0, 0.05) is 5.41 Å². The normalized spacial score (nSPS) is 26.7. The van der Waals surface area contributed by atoms with Crippen LogP contribution in [0.25, 0.3) is 28.4 Å². The van der Waals surface area contributed by atoms with Crippen LogP contribution in [-0.4, -0.2) is 25.6 Å². The predicted molar refractivity (Wildman–Crippen MR) is 130 cm³/mol. The summed E-state index contributed by atoms with van der Waals surface area (Å²) in [6, 6.07) is 16.6. The van der Waals surface area contributed by atoms with E-state index in [0.29, 0.717) is 23.2 Å². The van der Waals surface area contributed by atoms with Crippen LogP contribution in [0.3, 0.4) is 0 Å². The smallest absolute Gasteiger partial charge is 0.230 e. The van der Waals surface area contributed by atoms with Gasteiger partial charge in [0.25, 0.3) is 0 Å². The molecule has 2 fully saturated rings. The highest BCUT2D eigenvalue weighted by atomic mass is 15.1. The average molecular weight is 422 g/mol. The molecule has 0 radical (unpaired) electrons. The lowest BCUT2D eigenvalue weighted by Crippen LogP contribution is -2.32. The van der Waals surface area contributed by atoms with Crippen LogP contribution in [0.15, 0.2) is 59.1 Å². The van der Waals surface area contributed by atoms with E-state index in [0.717, 1.165) is 23.2 Å². The van der Waals surface area contributed by atoms with Crippen LogP contribution in [0.4, 0.5) is 5.95 Å². The van der Waals surface area contributed by atoms with Gasteiger partial charge in [-0.2, -0.15) is 4.98 Å². The van der Waals surface area contributed by atoms with E-state index >= 15 is 0 Å². The zero-order chi connectivity index (χ0) is 22.1. The van der Waals surface area contributed by atoms with Gasteiger partial charge in [0.2, 0.25) is 5.95 Å². The number of nitrogens with one attached hydrogen (secondary N) is 1. The number of imidazole rings is 1. The lowest BCUT2D eigenvalue weighted by Gasteiger charge is -2.33. The molecule has 4 aromatic rings. The molecular weight excluding hydrogens is 394 g/mol. The topological polar surface area (TPSA) is 66.8 Å². The summed E-state index contributed by atoms with van der Waals surface area (Å²) in [6.45, 7) is 9.28. The maximum absolute atomic E-state index is 5.13. The van der Waals surface area contributed by atoms with Crippen molar-refractivity contribution in [3.8, 4) is 0 Å². The first-order valence-electron chi connectivity index (χ1n) is 11.4. The molecule has 0 saturated heterocycles. The first-order chi connectivity index (χ1) is 15.3. The highest BCUT2D eigenvalue weighted by Gasteiger charge is 2.62. The van der Waals surface area contributed by atoms with Crippen molar-refractivity contribution in [1.29, 1.82) is 0 Å². The zero-order valence-corrected chi connectivity index (χ0v) is 19.0. The van der Waals surface area contributed by atoms with Gasteiger partial charge in [-0.15, -0.1) is 0 Å². The molecule has 0 spiro atoms. The number of aryl methyl sites for hydroxylation is 1. The summed E-state index contributed by atoms with van der Waals surface area (Å²) in [5.41, 5.74) is 8.16. The summed E-state index contributed by atoms with van der Waals surface area (Å²) in [6.07, 6.45) is 4.69. The quantitative estimate of drug-likeness (QED) is 0.406. The summed E-state index contributed by atoms with van der Waals surface area (Å²) >= 11 is 0. The van der Waals surface area contributed by atoms with Crippen LogP contribution in [0.2, 0.25) is 0 Å². The van der Waals surface area contributed by atoms with E-state index < -0.39 is 0 Å². The van der Waals surface area contributed by atoms with Crippen molar-refractivity contribution in [2.45, 2.75) is 40.5 Å². The van der Waals surface area contributed by atoms with Gasteiger partial charge in [0.15, 0.2) is 11.3 Å². The van der Waals surface area contributed by atoms with E-state index in [4.69, 9.17) is 15.0 Å². The number of para-hydroxylation sites is 2. The Bertz CT molecular complexity index is 1370. The molecule has 0 amide bonds. The fraction of sp³-hybridized carbons (Fsp3) is 0.333. The Morgan fingerprint density at radius 3 is 2.44 bits per heavy atom. The van der Waals surface area contributed by atoms with Crippen molar-refractivity contribution >= 4 is 40.1 Å². The molecule has 0 aliphatic heterocycles. The number of aromatic nitrogens is 4. The van der Waals surface area contributed by atoms with Gasteiger partial charge in [-0.3, -0.25) is 0 Å². The molecule has 5 nitrogen and oxygen atoms in total. The van der Waals surface area contributed by atoms with Crippen LogP contribution in [0, 0.1) is 23.7 Å². The van der Waals surface area contributed by atoms with Crippen molar-refractivity contribution in [2.75, 3.05) is 0 Å². The van der Waals surface area contributed by atoms with Crippen molar-refractivity contribution in [3.63, 3.8) is 0 Å². The van der Waals surface area contributed by atoms with Crippen LogP contribution in [0.1, 0.15) is 44.7 Å². The predicted octanol–water partition coefficient (Wildman–Crippen LogP) is 6.43. The number of allylic oxidation sites excluding steroid dienone is 1. The molecule has 2 aromatic carbocycles. The second kappa shape index (κ2) is 6.58. The number of benzene rings is 2. The number of aliphatic imine (C=N–C) groups is 1. The first kappa shape index (κ1) is 19.4. The molecule has 2 aliphatic rings. The summed E-state index contributed by atoms with van der Waals surface area (Å²) in [5.74, 6) is 1.08. The van der Waals surface area contributed by atoms with Crippen molar-refractivity contribution in [2.24, 2.45) is 21.7 Å². The number of rotatable bonds is 2. The molecule has 5 heteroatoms. The number of hydrogen-bond donors (Lipinski definition) is 1. The van der Waals surface area contributed by atoms with E-state index in [2.05, 4.69) is 68.0 Å². The Morgan fingerprint density at radius 1 is 0.969 bits per heavy atom. The van der Waals surface area contributed by atoms with Crippen LogP contribution in [-0.2, 0) is 0 Å². The fourth-order valence-electron chi connectivity index (χ4n) is 5.70. The number of aromatic amines is 1. The van der Waals surface area contributed by atoms with Gasteiger partial charge in [-0.05, 0) is 60.4 Å². The molecular formula is C27H27N5. The van der Waals surface area contributed by atoms with Crippen LogP contribution >= 0.6 is 0 Å². The van der Waals surface area contributed by atoms with Crippen LogP contribution < -0.4 is 0 Å². The molecule has 2 heterocycles. The lowest BCUT2D eigenvalue weighted by molar-refractivity contribution is 0.203. The number of hydrogen-bond acceptors (Lipinski definition) is 4.